The van der Waals surface area contributed by atoms with E-state index in [2.05, 4.69) is 19.1 Å². The number of benzene rings is 1. The number of hydroxylamine groups is 2. The van der Waals surface area contributed by atoms with Crippen molar-refractivity contribution in [3.05, 3.63) is 34.4 Å². The first-order valence-electron chi connectivity index (χ1n) is 10.9. The summed E-state index contributed by atoms with van der Waals surface area (Å²) in [6.07, 6.45) is 1.13. The molecule has 172 valence electrons. The average molecular weight is 434 g/mol. The van der Waals surface area contributed by atoms with Gasteiger partial charge in [-0.15, -0.1) is 0 Å². The molecule has 0 unspecified atom stereocenters. The Balaban J connectivity index is 1.98. The lowest BCUT2D eigenvalue weighted by Crippen LogP contribution is -2.68. The first-order chi connectivity index (χ1) is 14.8. The molecule has 1 aromatic rings. The molecule has 0 aliphatic carbocycles. The minimum Gasteiger partial charge on any atom is -0.467 e. The third-order valence-corrected chi connectivity index (χ3v) is 6.45. The molecule has 3 rings (SSSR count). The highest BCUT2D eigenvalue weighted by molar-refractivity contribution is 5.89. The van der Waals surface area contributed by atoms with Crippen molar-refractivity contribution >= 4 is 11.9 Å². The Bertz CT molecular complexity index is 775. The Morgan fingerprint density at radius 2 is 1.61 bits per heavy atom. The second kappa shape index (κ2) is 10.1. The number of ether oxygens (including phenoxy) is 2. The number of amides is 1. The van der Waals surface area contributed by atoms with Gasteiger partial charge in [-0.3, -0.25) is 9.80 Å². The maximum Gasteiger partial charge on any atom is 0.333 e. The van der Waals surface area contributed by atoms with Gasteiger partial charge in [0, 0.05) is 26.2 Å². The molecule has 2 saturated heterocycles. The predicted molar refractivity (Wildman–Crippen MR) is 116 cm³/mol. The molecule has 0 aromatic heterocycles. The molecule has 1 aromatic carbocycles. The van der Waals surface area contributed by atoms with Gasteiger partial charge in [-0.2, -0.15) is 5.06 Å². The number of piperidine rings is 1. The van der Waals surface area contributed by atoms with E-state index in [-0.39, 0.29) is 18.3 Å². The zero-order valence-corrected chi connectivity index (χ0v) is 19.4. The number of aryl methyl sites for hydroxylation is 3. The van der Waals surface area contributed by atoms with Crippen LogP contribution in [-0.4, -0.2) is 86.1 Å². The van der Waals surface area contributed by atoms with E-state index >= 15 is 0 Å². The van der Waals surface area contributed by atoms with Gasteiger partial charge in [0.15, 0.2) is 5.54 Å². The van der Waals surface area contributed by atoms with Crippen molar-refractivity contribution in [2.75, 3.05) is 53.6 Å². The zero-order chi connectivity index (χ0) is 22.6. The van der Waals surface area contributed by atoms with Gasteiger partial charge in [-0.05, 0) is 50.3 Å². The molecule has 8 nitrogen and oxygen atoms in total. The molecule has 0 radical (unpaired) electrons. The van der Waals surface area contributed by atoms with E-state index in [9.17, 15) is 9.59 Å². The molecule has 0 spiro atoms. The van der Waals surface area contributed by atoms with Gasteiger partial charge in [0.25, 0.3) is 0 Å². The summed E-state index contributed by atoms with van der Waals surface area (Å²) < 4.78 is 10.8. The second-order valence-corrected chi connectivity index (χ2v) is 8.46. The van der Waals surface area contributed by atoms with Crippen LogP contribution in [0.3, 0.4) is 0 Å². The molecule has 31 heavy (non-hydrogen) atoms. The number of hydrazine groups is 1. The fourth-order valence-electron chi connectivity index (χ4n) is 4.87. The smallest absolute Gasteiger partial charge is 0.333 e. The van der Waals surface area contributed by atoms with Crippen LogP contribution in [-0.2, 0) is 30.3 Å². The normalized spacial score (nSPS) is 19.8. The molecule has 0 bridgehead atoms. The summed E-state index contributed by atoms with van der Waals surface area (Å²) in [5.74, 6) is -0.464. The zero-order valence-electron chi connectivity index (χ0n) is 19.4. The Kier molecular flexibility index (Phi) is 7.69. The molecular weight excluding hydrogens is 398 g/mol. The number of carbonyl (C=O) groups is 2. The van der Waals surface area contributed by atoms with Gasteiger partial charge in [0.1, 0.15) is 0 Å². The van der Waals surface area contributed by atoms with Gasteiger partial charge in [0.05, 0.1) is 33.9 Å². The minimum absolute atomic E-state index is 0.0896. The Hall–Kier alpha value is -2.00. The SMILES string of the molecule is COC(=O)C1(N(C(=O)Cc2c(C)cc(C)cc2C)N2CCOCC2)CCN(OC)CC1. The van der Waals surface area contributed by atoms with Crippen molar-refractivity contribution in [1.29, 1.82) is 0 Å². The van der Waals surface area contributed by atoms with Crippen molar-refractivity contribution in [2.45, 2.75) is 45.6 Å². The van der Waals surface area contributed by atoms with Crippen molar-refractivity contribution in [1.82, 2.24) is 15.1 Å². The number of hydrogen-bond acceptors (Lipinski definition) is 7. The van der Waals surface area contributed by atoms with Gasteiger partial charge in [-0.1, -0.05) is 17.7 Å². The van der Waals surface area contributed by atoms with Crippen LogP contribution < -0.4 is 0 Å². The Morgan fingerprint density at radius 1 is 1.03 bits per heavy atom. The average Bonchev–Trinajstić information content (AvgIpc) is 2.77. The van der Waals surface area contributed by atoms with Crippen LogP contribution in [0.15, 0.2) is 12.1 Å². The third kappa shape index (κ3) is 4.92. The van der Waals surface area contributed by atoms with Crippen LogP contribution in [0.2, 0.25) is 0 Å². The van der Waals surface area contributed by atoms with Crippen LogP contribution in [0.5, 0.6) is 0 Å². The van der Waals surface area contributed by atoms with E-state index in [1.165, 1.54) is 12.7 Å². The minimum atomic E-state index is -1.05. The molecule has 0 saturated carbocycles. The fraction of sp³-hybridized carbons (Fsp3) is 0.652. The number of esters is 1. The standard InChI is InChI=1S/C23H35N3O5/c1-17-14-18(2)20(19(3)15-17)16-21(27)26(24-10-12-31-13-11-24)23(22(28)29-4)6-8-25(30-5)9-7-23/h14-15H,6-13,16H2,1-5H3. The number of nitrogens with zero attached hydrogens (tertiary/aromatic N) is 3. The highest BCUT2D eigenvalue weighted by Gasteiger charge is 2.52. The van der Waals surface area contributed by atoms with Crippen LogP contribution in [0.1, 0.15) is 35.1 Å². The van der Waals surface area contributed by atoms with Crippen LogP contribution in [0, 0.1) is 20.8 Å². The number of rotatable bonds is 6. The topological polar surface area (TPSA) is 71.5 Å². The van der Waals surface area contributed by atoms with Crippen LogP contribution >= 0.6 is 0 Å². The lowest BCUT2D eigenvalue weighted by molar-refractivity contribution is -0.215. The molecule has 1 amide bonds. The maximum absolute atomic E-state index is 13.9. The number of methoxy groups -OCH3 is 1. The van der Waals surface area contributed by atoms with Crippen molar-refractivity contribution in [3.63, 3.8) is 0 Å². The molecular formula is C23H35N3O5. The quantitative estimate of drug-likeness (QED) is 0.634. The van der Waals surface area contributed by atoms with E-state index in [0.717, 1.165) is 16.7 Å². The highest BCUT2D eigenvalue weighted by atomic mass is 16.7. The highest BCUT2D eigenvalue weighted by Crippen LogP contribution is 2.33. The molecule has 2 aliphatic heterocycles. The van der Waals surface area contributed by atoms with Crippen molar-refractivity contribution in [3.8, 4) is 0 Å². The molecule has 2 heterocycles. The largest absolute Gasteiger partial charge is 0.467 e. The summed E-state index contributed by atoms with van der Waals surface area (Å²) >= 11 is 0. The fourth-order valence-corrected chi connectivity index (χ4v) is 4.87. The first-order valence-corrected chi connectivity index (χ1v) is 10.9. The van der Waals surface area contributed by atoms with E-state index in [0.29, 0.717) is 52.2 Å². The Morgan fingerprint density at radius 3 is 2.13 bits per heavy atom. The van der Waals surface area contributed by atoms with Gasteiger partial charge >= 0.3 is 5.97 Å². The maximum atomic E-state index is 13.9. The summed E-state index contributed by atoms with van der Waals surface area (Å²) in [5, 5.41) is 5.49. The van der Waals surface area contributed by atoms with Gasteiger partial charge in [0.2, 0.25) is 5.91 Å². The molecule has 2 aliphatic rings. The lowest BCUT2D eigenvalue weighted by Gasteiger charge is -2.50. The summed E-state index contributed by atoms with van der Waals surface area (Å²) in [6, 6.07) is 4.20. The van der Waals surface area contributed by atoms with E-state index in [1.807, 2.05) is 23.9 Å². The summed E-state index contributed by atoms with van der Waals surface area (Å²) in [7, 11) is 3.02. The Labute approximate surface area is 184 Å². The monoisotopic (exact) mass is 433 g/mol. The summed E-state index contributed by atoms with van der Waals surface area (Å²) in [4.78, 5) is 32.4. The van der Waals surface area contributed by atoms with Crippen molar-refractivity contribution < 1.29 is 23.9 Å². The van der Waals surface area contributed by atoms with E-state index in [4.69, 9.17) is 14.3 Å². The van der Waals surface area contributed by atoms with Crippen LogP contribution in [0.25, 0.3) is 0 Å². The number of carbonyl (C=O) groups excluding carboxylic acids is 2. The second-order valence-electron chi connectivity index (χ2n) is 8.46. The molecule has 8 heteroatoms. The summed E-state index contributed by atoms with van der Waals surface area (Å²) in [5.41, 5.74) is 3.32. The van der Waals surface area contributed by atoms with Crippen molar-refractivity contribution in [2.24, 2.45) is 0 Å². The summed E-state index contributed by atoms with van der Waals surface area (Å²) in [6.45, 7) is 9.38. The molecule has 2 fully saturated rings. The molecule has 0 atom stereocenters. The number of morpholine rings is 1. The van der Waals surface area contributed by atoms with Gasteiger partial charge in [-0.25, -0.2) is 9.80 Å². The van der Waals surface area contributed by atoms with Gasteiger partial charge < -0.3 is 14.3 Å². The number of hydrogen-bond donors (Lipinski definition) is 0. The predicted octanol–water partition coefficient (Wildman–Crippen LogP) is 1.80. The van der Waals surface area contributed by atoms with E-state index in [1.54, 1.807) is 12.1 Å². The van der Waals surface area contributed by atoms with Crippen LogP contribution in [0.4, 0.5) is 0 Å². The van der Waals surface area contributed by atoms with E-state index < -0.39 is 5.54 Å². The lowest BCUT2D eigenvalue weighted by atomic mass is 9.86. The third-order valence-electron chi connectivity index (χ3n) is 6.45. The first kappa shape index (κ1) is 23.7. The molecule has 0 N–H and O–H groups in total.